The quantitative estimate of drug-likeness (QED) is 0.776. The van der Waals surface area contributed by atoms with Crippen LogP contribution < -0.4 is 5.73 Å². The van der Waals surface area contributed by atoms with Crippen LogP contribution in [-0.2, 0) is 0 Å². The Kier molecular flexibility index (Phi) is 2.94. The van der Waals surface area contributed by atoms with Crippen LogP contribution in [-0.4, -0.2) is 5.91 Å². The van der Waals surface area contributed by atoms with Crippen molar-refractivity contribution in [3.8, 4) is 0 Å². The van der Waals surface area contributed by atoms with E-state index in [1.165, 1.54) is 0 Å². The molecular formula is C10H11ClNO. The molecule has 69 valence electrons. The number of rotatable bonds is 2. The maximum atomic E-state index is 10.9. The fourth-order valence-corrected chi connectivity index (χ4v) is 1.28. The molecule has 0 heterocycles. The Morgan fingerprint density at radius 3 is 2.62 bits per heavy atom. The van der Waals surface area contributed by atoms with Crippen molar-refractivity contribution in [2.75, 3.05) is 0 Å². The molecule has 0 fully saturated rings. The van der Waals surface area contributed by atoms with Crippen molar-refractivity contribution >= 4 is 17.5 Å². The molecule has 1 radical (unpaired) electrons. The molecule has 3 heteroatoms. The molecule has 1 rings (SSSR count). The first-order chi connectivity index (χ1) is 6.00. The average Bonchev–Trinajstić information content (AvgIpc) is 2.03. The van der Waals surface area contributed by atoms with Gasteiger partial charge in [-0.25, -0.2) is 0 Å². The summed E-state index contributed by atoms with van der Waals surface area (Å²) >= 11 is 5.80. The molecule has 2 nitrogen and oxygen atoms in total. The van der Waals surface area contributed by atoms with Crippen molar-refractivity contribution in [3.05, 3.63) is 41.3 Å². The van der Waals surface area contributed by atoms with E-state index in [0.717, 1.165) is 5.56 Å². The zero-order valence-electron chi connectivity index (χ0n) is 7.38. The molecule has 0 aliphatic heterocycles. The highest BCUT2D eigenvalue weighted by Gasteiger charge is 2.06. The van der Waals surface area contributed by atoms with E-state index in [1.54, 1.807) is 18.2 Å². The minimum absolute atomic E-state index is 0.0943. The topological polar surface area (TPSA) is 43.1 Å². The second-order valence-electron chi connectivity index (χ2n) is 3.04. The third kappa shape index (κ3) is 2.46. The van der Waals surface area contributed by atoms with Crippen molar-refractivity contribution < 1.29 is 4.79 Å². The largest absolute Gasteiger partial charge is 0.366 e. The summed E-state index contributed by atoms with van der Waals surface area (Å²) < 4.78 is 0. The third-order valence-corrected chi connectivity index (χ3v) is 1.99. The van der Waals surface area contributed by atoms with E-state index in [4.69, 9.17) is 17.3 Å². The van der Waals surface area contributed by atoms with Gasteiger partial charge in [-0.1, -0.05) is 18.5 Å². The van der Waals surface area contributed by atoms with E-state index in [2.05, 4.69) is 6.92 Å². The molecule has 0 spiro atoms. The van der Waals surface area contributed by atoms with E-state index in [1.807, 2.05) is 6.92 Å². The Balaban J connectivity index is 3.19. The molecule has 1 atom stereocenters. The minimum Gasteiger partial charge on any atom is -0.366 e. The van der Waals surface area contributed by atoms with E-state index < -0.39 is 5.91 Å². The maximum Gasteiger partial charge on any atom is 0.248 e. The van der Waals surface area contributed by atoms with Gasteiger partial charge in [0.1, 0.15) is 0 Å². The molecule has 0 aliphatic carbocycles. The summed E-state index contributed by atoms with van der Waals surface area (Å²) in [5.41, 5.74) is 6.48. The van der Waals surface area contributed by atoms with Crippen molar-refractivity contribution in [2.45, 2.75) is 12.8 Å². The van der Waals surface area contributed by atoms with Crippen molar-refractivity contribution in [1.29, 1.82) is 0 Å². The fourth-order valence-electron chi connectivity index (χ4n) is 1.04. The molecule has 1 amide bonds. The van der Waals surface area contributed by atoms with Gasteiger partial charge in [-0.2, -0.15) is 0 Å². The predicted octanol–water partition coefficient (Wildman–Crippen LogP) is 2.38. The van der Waals surface area contributed by atoms with Crippen LogP contribution in [0.25, 0.3) is 0 Å². The molecule has 0 bridgehead atoms. The Labute approximate surface area is 82.7 Å². The van der Waals surface area contributed by atoms with Crippen LogP contribution in [0.1, 0.15) is 28.8 Å². The number of benzene rings is 1. The van der Waals surface area contributed by atoms with Gasteiger partial charge in [0, 0.05) is 10.6 Å². The SMILES string of the molecule is [CH2]C(C)c1cc(Cl)cc(C(N)=O)c1. The number of hydrogen-bond donors (Lipinski definition) is 1. The van der Waals surface area contributed by atoms with Crippen LogP contribution in [0.4, 0.5) is 0 Å². The first-order valence-corrected chi connectivity index (χ1v) is 4.32. The second-order valence-corrected chi connectivity index (χ2v) is 3.47. The number of carbonyl (C=O) groups excluding carboxylic acids is 1. The van der Waals surface area contributed by atoms with Crippen LogP contribution in [0.2, 0.25) is 5.02 Å². The smallest absolute Gasteiger partial charge is 0.248 e. The molecule has 1 unspecified atom stereocenters. The summed E-state index contributed by atoms with van der Waals surface area (Å²) in [5, 5.41) is 0.516. The van der Waals surface area contributed by atoms with Crippen LogP contribution in [0.5, 0.6) is 0 Å². The normalized spacial score (nSPS) is 10.5. The van der Waals surface area contributed by atoms with E-state index in [0.29, 0.717) is 10.6 Å². The van der Waals surface area contributed by atoms with Gasteiger partial charge in [0.2, 0.25) is 5.91 Å². The minimum atomic E-state index is -0.468. The number of primary amides is 1. The number of nitrogens with two attached hydrogens (primary N) is 1. The van der Waals surface area contributed by atoms with Crippen LogP contribution in [0.3, 0.4) is 0 Å². The zero-order chi connectivity index (χ0) is 10.0. The van der Waals surface area contributed by atoms with Gasteiger partial charge in [0.15, 0.2) is 0 Å². The van der Waals surface area contributed by atoms with Crippen molar-refractivity contribution in [3.63, 3.8) is 0 Å². The van der Waals surface area contributed by atoms with Crippen LogP contribution in [0.15, 0.2) is 18.2 Å². The molecule has 1 aromatic carbocycles. The van der Waals surface area contributed by atoms with Gasteiger partial charge in [-0.15, -0.1) is 0 Å². The Morgan fingerprint density at radius 1 is 1.54 bits per heavy atom. The molecule has 0 saturated heterocycles. The monoisotopic (exact) mass is 196 g/mol. The molecular weight excluding hydrogens is 186 g/mol. The van der Waals surface area contributed by atoms with Crippen molar-refractivity contribution in [1.82, 2.24) is 0 Å². The molecule has 1 aromatic rings. The van der Waals surface area contributed by atoms with E-state index >= 15 is 0 Å². The molecule has 0 aromatic heterocycles. The van der Waals surface area contributed by atoms with Gasteiger partial charge in [-0.3, -0.25) is 4.79 Å². The molecule has 0 aliphatic rings. The lowest BCUT2D eigenvalue weighted by Crippen LogP contribution is -2.11. The lowest BCUT2D eigenvalue weighted by atomic mass is 10.0. The average molecular weight is 197 g/mol. The standard InChI is InChI=1S/C10H11ClNO/c1-6(2)7-3-8(10(12)13)5-9(11)4-7/h3-6H,1H2,2H3,(H2,12,13). The summed E-state index contributed by atoms with van der Waals surface area (Å²) in [4.78, 5) is 10.9. The number of amides is 1. The summed E-state index contributed by atoms with van der Waals surface area (Å²) in [7, 11) is 0. The summed E-state index contributed by atoms with van der Waals surface area (Å²) in [5.74, 6) is -0.374. The van der Waals surface area contributed by atoms with Gasteiger partial charge in [0.25, 0.3) is 0 Å². The maximum absolute atomic E-state index is 10.9. The lowest BCUT2D eigenvalue weighted by Gasteiger charge is -2.07. The van der Waals surface area contributed by atoms with Crippen LogP contribution in [0, 0.1) is 6.92 Å². The Bertz CT molecular complexity index is 334. The first kappa shape index (κ1) is 10.1. The Hall–Kier alpha value is -1.02. The fraction of sp³-hybridized carbons (Fsp3) is 0.200. The predicted molar refractivity (Wildman–Crippen MR) is 53.7 cm³/mol. The van der Waals surface area contributed by atoms with Crippen LogP contribution >= 0.6 is 11.6 Å². The summed E-state index contributed by atoms with van der Waals surface area (Å²) in [6.07, 6.45) is 0. The molecule has 2 N–H and O–H groups in total. The number of hydrogen-bond acceptors (Lipinski definition) is 1. The Morgan fingerprint density at radius 2 is 2.15 bits per heavy atom. The highest BCUT2D eigenvalue weighted by Crippen LogP contribution is 2.20. The number of halogens is 1. The van der Waals surface area contributed by atoms with E-state index in [9.17, 15) is 4.79 Å². The first-order valence-electron chi connectivity index (χ1n) is 3.94. The second kappa shape index (κ2) is 3.79. The molecule has 13 heavy (non-hydrogen) atoms. The summed E-state index contributed by atoms with van der Waals surface area (Å²) in [6.45, 7) is 5.77. The third-order valence-electron chi connectivity index (χ3n) is 1.77. The summed E-state index contributed by atoms with van der Waals surface area (Å²) in [6, 6.07) is 5.05. The van der Waals surface area contributed by atoms with Gasteiger partial charge in [0.05, 0.1) is 0 Å². The van der Waals surface area contributed by atoms with Gasteiger partial charge in [-0.05, 0) is 36.6 Å². The zero-order valence-corrected chi connectivity index (χ0v) is 8.14. The highest BCUT2D eigenvalue weighted by atomic mass is 35.5. The molecule has 0 saturated carbocycles. The highest BCUT2D eigenvalue weighted by molar-refractivity contribution is 6.31. The van der Waals surface area contributed by atoms with Gasteiger partial charge < -0.3 is 5.73 Å². The van der Waals surface area contributed by atoms with Crippen molar-refractivity contribution in [2.24, 2.45) is 5.73 Å². The van der Waals surface area contributed by atoms with Gasteiger partial charge >= 0.3 is 0 Å². The lowest BCUT2D eigenvalue weighted by molar-refractivity contribution is 0.1000. The van der Waals surface area contributed by atoms with E-state index in [-0.39, 0.29) is 5.92 Å². The number of carbonyl (C=O) groups is 1.